The van der Waals surface area contributed by atoms with Crippen LogP contribution < -0.4 is 5.73 Å². The summed E-state index contributed by atoms with van der Waals surface area (Å²) in [5.41, 5.74) is 6.85. The van der Waals surface area contributed by atoms with Crippen molar-refractivity contribution >= 4 is 27.7 Å². The van der Waals surface area contributed by atoms with E-state index in [-0.39, 0.29) is 4.90 Å². The molecule has 10 heteroatoms. The Morgan fingerprint density at radius 1 is 1.06 bits per heavy atom. The molecule has 0 saturated carbocycles. The second-order valence-electron chi connectivity index (χ2n) is 7.28. The lowest BCUT2D eigenvalue weighted by atomic mass is 10.2. The monoisotopic (exact) mass is 457 g/mol. The molecule has 1 aliphatic rings. The summed E-state index contributed by atoms with van der Waals surface area (Å²) in [7, 11) is -3.56. The van der Waals surface area contributed by atoms with Crippen LogP contribution in [0.2, 0.25) is 0 Å². The molecule has 0 radical (unpaired) electrons. The summed E-state index contributed by atoms with van der Waals surface area (Å²) in [4.78, 5) is 11.8. The third-order valence-corrected chi connectivity index (χ3v) is 8.08. The summed E-state index contributed by atoms with van der Waals surface area (Å²) in [6, 6.07) is 16.2. The molecular formula is C21H23N5O3S2. The van der Waals surface area contributed by atoms with Crippen molar-refractivity contribution in [3.05, 3.63) is 54.6 Å². The molecule has 3 aromatic rings. The van der Waals surface area contributed by atoms with Crippen LogP contribution in [0.1, 0.15) is 19.8 Å². The van der Waals surface area contributed by atoms with E-state index in [0.717, 1.165) is 18.5 Å². The molecule has 0 spiro atoms. The van der Waals surface area contributed by atoms with Crippen molar-refractivity contribution in [1.29, 1.82) is 0 Å². The van der Waals surface area contributed by atoms with Crippen LogP contribution in [0.5, 0.6) is 0 Å². The lowest BCUT2D eigenvalue weighted by Crippen LogP contribution is -2.27. The van der Waals surface area contributed by atoms with Gasteiger partial charge < -0.3 is 5.73 Å². The topological polar surface area (TPSA) is 111 Å². The molecule has 162 valence electrons. The summed E-state index contributed by atoms with van der Waals surface area (Å²) in [5, 5.41) is 8.60. The van der Waals surface area contributed by atoms with Gasteiger partial charge in [0.25, 0.3) is 0 Å². The highest BCUT2D eigenvalue weighted by molar-refractivity contribution is 8.00. The molecule has 1 aromatic heterocycles. The first-order valence-electron chi connectivity index (χ1n) is 9.95. The Morgan fingerprint density at radius 2 is 1.77 bits per heavy atom. The highest BCUT2D eigenvalue weighted by atomic mass is 32.2. The van der Waals surface area contributed by atoms with Crippen molar-refractivity contribution in [3.8, 4) is 17.1 Å². The van der Waals surface area contributed by atoms with E-state index >= 15 is 0 Å². The smallest absolute Gasteiger partial charge is 0.243 e. The zero-order valence-corrected chi connectivity index (χ0v) is 18.6. The van der Waals surface area contributed by atoms with Crippen LogP contribution in [0.4, 0.5) is 0 Å². The van der Waals surface area contributed by atoms with Gasteiger partial charge in [-0.25, -0.2) is 8.42 Å². The van der Waals surface area contributed by atoms with Gasteiger partial charge in [-0.3, -0.25) is 9.36 Å². The van der Waals surface area contributed by atoms with Gasteiger partial charge in [0.1, 0.15) is 0 Å². The average molecular weight is 458 g/mol. The van der Waals surface area contributed by atoms with E-state index in [9.17, 15) is 13.2 Å². The number of hydrogen-bond acceptors (Lipinski definition) is 6. The second-order valence-corrected chi connectivity index (χ2v) is 10.5. The molecule has 4 rings (SSSR count). The maximum absolute atomic E-state index is 13.0. The SMILES string of the molecule is C[C@H](Sc1nnc(-c2cccc(S(=O)(=O)N3CCCC3)c2)n1-c1ccccc1)C(N)=O. The number of sulfonamides is 1. The molecular weight excluding hydrogens is 434 g/mol. The second kappa shape index (κ2) is 8.81. The van der Waals surface area contributed by atoms with Crippen LogP contribution in [0.25, 0.3) is 17.1 Å². The normalized spacial score (nSPS) is 15.8. The Hall–Kier alpha value is -2.69. The molecule has 31 heavy (non-hydrogen) atoms. The van der Waals surface area contributed by atoms with Gasteiger partial charge in [0.2, 0.25) is 15.9 Å². The molecule has 1 atom stereocenters. The van der Waals surface area contributed by atoms with Crippen LogP contribution in [0, 0.1) is 0 Å². The van der Waals surface area contributed by atoms with Crippen molar-refractivity contribution in [2.75, 3.05) is 13.1 Å². The Kier molecular flexibility index (Phi) is 6.12. The van der Waals surface area contributed by atoms with Crippen molar-refractivity contribution in [2.24, 2.45) is 5.73 Å². The van der Waals surface area contributed by atoms with Crippen LogP contribution in [-0.2, 0) is 14.8 Å². The van der Waals surface area contributed by atoms with Gasteiger partial charge in [-0.1, -0.05) is 42.1 Å². The Balaban J connectivity index is 1.80. The predicted octanol–water partition coefficient (Wildman–Crippen LogP) is 2.68. The molecule has 2 aromatic carbocycles. The number of carbonyl (C=O) groups excluding carboxylic acids is 1. The van der Waals surface area contributed by atoms with Gasteiger partial charge in [-0.15, -0.1) is 10.2 Å². The molecule has 1 amide bonds. The minimum atomic E-state index is -3.56. The average Bonchev–Trinajstić information content (AvgIpc) is 3.45. The van der Waals surface area contributed by atoms with Crippen molar-refractivity contribution in [2.45, 2.75) is 35.1 Å². The fraction of sp³-hybridized carbons (Fsp3) is 0.286. The van der Waals surface area contributed by atoms with Crippen LogP contribution >= 0.6 is 11.8 Å². The lowest BCUT2D eigenvalue weighted by Gasteiger charge is -2.16. The van der Waals surface area contributed by atoms with E-state index in [0.29, 0.717) is 29.6 Å². The van der Waals surface area contributed by atoms with E-state index in [1.165, 1.54) is 16.1 Å². The number of hydrogen-bond donors (Lipinski definition) is 1. The number of thioether (sulfide) groups is 1. The van der Waals surface area contributed by atoms with Gasteiger partial charge in [0.15, 0.2) is 11.0 Å². The van der Waals surface area contributed by atoms with E-state index < -0.39 is 21.2 Å². The summed E-state index contributed by atoms with van der Waals surface area (Å²) in [6.45, 7) is 2.79. The van der Waals surface area contributed by atoms with Crippen molar-refractivity contribution < 1.29 is 13.2 Å². The Bertz CT molecular complexity index is 1190. The lowest BCUT2D eigenvalue weighted by molar-refractivity contribution is -0.117. The van der Waals surface area contributed by atoms with Crippen LogP contribution in [-0.4, -0.2) is 51.7 Å². The molecule has 1 aliphatic heterocycles. The Morgan fingerprint density at radius 3 is 2.45 bits per heavy atom. The first-order valence-corrected chi connectivity index (χ1v) is 12.3. The number of aromatic nitrogens is 3. The zero-order chi connectivity index (χ0) is 22.0. The van der Waals surface area contributed by atoms with Crippen LogP contribution in [0.15, 0.2) is 64.6 Å². The number of primary amides is 1. The minimum Gasteiger partial charge on any atom is -0.369 e. The maximum Gasteiger partial charge on any atom is 0.243 e. The van der Waals surface area contributed by atoms with Gasteiger partial charge in [0, 0.05) is 24.3 Å². The first kappa shape index (κ1) is 21.5. The molecule has 2 heterocycles. The summed E-state index contributed by atoms with van der Waals surface area (Å²) in [6.07, 6.45) is 1.75. The van der Waals surface area contributed by atoms with Gasteiger partial charge in [0.05, 0.1) is 10.1 Å². The molecule has 1 saturated heterocycles. The quantitative estimate of drug-likeness (QED) is 0.546. The summed E-state index contributed by atoms with van der Waals surface area (Å²) < 4.78 is 29.4. The number of nitrogens with zero attached hydrogens (tertiary/aromatic N) is 4. The first-order chi connectivity index (χ1) is 14.9. The minimum absolute atomic E-state index is 0.231. The van der Waals surface area contributed by atoms with Crippen molar-refractivity contribution in [3.63, 3.8) is 0 Å². The van der Waals surface area contributed by atoms with Gasteiger partial charge in [-0.05, 0) is 44.0 Å². The van der Waals surface area contributed by atoms with Gasteiger partial charge in [-0.2, -0.15) is 4.31 Å². The zero-order valence-electron chi connectivity index (χ0n) is 17.0. The number of benzene rings is 2. The molecule has 0 unspecified atom stereocenters. The van der Waals surface area contributed by atoms with Gasteiger partial charge >= 0.3 is 0 Å². The number of nitrogens with two attached hydrogens (primary N) is 1. The standard InChI is InChI=1S/C21H23N5O3S2/c1-15(19(22)27)30-21-24-23-20(26(21)17-9-3-2-4-10-17)16-8-7-11-18(14-16)31(28,29)25-12-5-6-13-25/h2-4,7-11,14-15H,5-6,12-13H2,1H3,(H2,22,27)/t15-/m0/s1. The van der Waals surface area contributed by atoms with Crippen LogP contribution in [0.3, 0.4) is 0 Å². The van der Waals surface area contributed by atoms with Crippen molar-refractivity contribution in [1.82, 2.24) is 19.1 Å². The fourth-order valence-corrected chi connectivity index (χ4v) is 5.81. The largest absolute Gasteiger partial charge is 0.369 e. The van der Waals surface area contributed by atoms with E-state index in [2.05, 4.69) is 10.2 Å². The predicted molar refractivity (Wildman–Crippen MR) is 119 cm³/mol. The summed E-state index contributed by atoms with van der Waals surface area (Å²) >= 11 is 1.21. The number of para-hydroxylation sites is 1. The number of rotatable bonds is 7. The maximum atomic E-state index is 13.0. The molecule has 0 aliphatic carbocycles. The number of amides is 1. The number of carbonyl (C=O) groups is 1. The Labute approximate surface area is 185 Å². The van der Waals surface area contributed by atoms with E-state index in [1.807, 2.05) is 34.9 Å². The molecule has 2 N–H and O–H groups in total. The van der Waals surface area contributed by atoms with E-state index in [4.69, 9.17) is 5.73 Å². The molecule has 0 bridgehead atoms. The molecule has 1 fully saturated rings. The third-order valence-electron chi connectivity index (χ3n) is 5.13. The highest BCUT2D eigenvalue weighted by Crippen LogP contribution is 2.31. The third kappa shape index (κ3) is 4.36. The summed E-state index contributed by atoms with van der Waals surface area (Å²) in [5.74, 6) is 0.0386. The molecule has 8 nitrogen and oxygen atoms in total. The van der Waals surface area contributed by atoms with E-state index in [1.54, 1.807) is 31.2 Å². The fourth-order valence-electron chi connectivity index (χ4n) is 3.43. The highest BCUT2D eigenvalue weighted by Gasteiger charge is 2.28.